The minimum Gasteiger partial charge on any atom is -0.493 e. The molecule has 0 aromatic heterocycles. The molecule has 2 aromatic carbocycles. The lowest BCUT2D eigenvalue weighted by Crippen LogP contribution is -2.43. The molecule has 1 N–H and O–H groups in total. The highest BCUT2D eigenvalue weighted by molar-refractivity contribution is 7.92. The summed E-state index contributed by atoms with van der Waals surface area (Å²) in [5.41, 5.74) is 0.0514. The summed E-state index contributed by atoms with van der Waals surface area (Å²) in [4.78, 5) is 12.4. The van der Waals surface area contributed by atoms with Gasteiger partial charge in [0, 0.05) is 12.1 Å². The zero-order chi connectivity index (χ0) is 22.5. The molecule has 0 saturated carbocycles. The fourth-order valence-electron chi connectivity index (χ4n) is 2.61. The van der Waals surface area contributed by atoms with Crippen molar-refractivity contribution in [3.63, 3.8) is 0 Å². The molecule has 0 fully saturated rings. The molecule has 0 aliphatic heterocycles. The van der Waals surface area contributed by atoms with Crippen LogP contribution in [-0.4, -0.2) is 41.1 Å². The van der Waals surface area contributed by atoms with Gasteiger partial charge in [0.15, 0.2) is 11.5 Å². The standard InChI is InChI=1S/C20H24ClFN2O5S/c1-5-13(2)23-20(25)12-24(14-6-8-17(22)16(21)10-14)30(26,27)15-7-9-18(28-3)19(11-15)29-4/h6-11,13H,5,12H2,1-4H3,(H,23,25). The van der Waals surface area contributed by atoms with E-state index in [1.54, 1.807) is 6.92 Å². The fraction of sp³-hybridized carbons (Fsp3) is 0.350. The molecule has 0 saturated heterocycles. The first-order chi connectivity index (χ1) is 14.1. The van der Waals surface area contributed by atoms with Gasteiger partial charge in [-0.25, -0.2) is 12.8 Å². The first kappa shape index (κ1) is 23.8. The maximum absolute atomic E-state index is 13.6. The number of anilines is 1. The molecule has 2 rings (SSSR count). The zero-order valence-electron chi connectivity index (χ0n) is 17.1. The van der Waals surface area contributed by atoms with Crippen LogP contribution in [0, 0.1) is 5.82 Å². The van der Waals surface area contributed by atoms with Crippen molar-refractivity contribution in [1.82, 2.24) is 5.32 Å². The Kier molecular flexibility index (Phi) is 7.91. The predicted octanol–water partition coefficient (Wildman–Crippen LogP) is 3.61. The molecule has 0 bridgehead atoms. The molecule has 0 radical (unpaired) electrons. The summed E-state index contributed by atoms with van der Waals surface area (Å²) < 4.78 is 51.6. The van der Waals surface area contributed by atoms with Gasteiger partial charge in [-0.1, -0.05) is 18.5 Å². The van der Waals surface area contributed by atoms with Crippen LogP contribution in [0.1, 0.15) is 20.3 Å². The van der Waals surface area contributed by atoms with E-state index in [1.807, 2.05) is 6.92 Å². The van der Waals surface area contributed by atoms with Crippen LogP contribution in [0.5, 0.6) is 11.5 Å². The lowest BCUT2D eigenvalue weighted by Gasteiger charge is -2.25. The summed E-state index contributed by atoms with van der Waals surface area (Å²) in [6.45, 7) is 3.19. The Morgan fingerprint density at radius 3 is 2.40 bits per heavy atom. The van der Waals surface area contributed by atoms with Gasteiger partial charge in [-0.3, -0.25) is 9.10 Å². The van der Waals surface area contributed by atoms with Gasteiger partial charge in [-0.2, -0.15) is 0 Å². The molecule has 0 spiro atoms. The number of halogens is 2. The maximum Gasteiger partial charge on any atom is 0.264 e. The SMILES string of the molecule is CCC(C)NC(=O)CN(c1ccc(F)c(Cl)c1)S(=O)(=O)c1ccc(OC)c(OC)c1. The van der Waals surface area contributed by atoms with E-state index in [1.165, 1.54) is 38.5 Å². The monoisotopic (exact) mass is 458 g/mol. The summed E-state index contributed by atoms with van der Waals surface area (Å²) in [7, 11) is -1.41. The molecular weight excluding hydrogens is 435 g/mol. The summed E-state index contributed by atoms with van der Waals surface area (Å²) in [6.07, 6.45) is 0.677. The van der Waals surface area contributed by atoms with Crippen molar-refractivity contribution in [3.8, 4) is 11.5 Å². The van der Waals surface area contributed by atoms with E-state index in [-0.39, 0.29) is 27.4 Å². The van der Waals surface area contributed by atoms with Crippen molar-refractivity contribution < 1.29 is 27.1 Å². The number of ether oxygens (including phenoxy) is 2. The number of carbonyl (C=O) groups excluding carboxylic acids is 1. The van der Waals surface area contributed by atoms with E-state index >= 15 is 0 Å². The Labute approximate surface area is 180 Å². The van der Waals surface area contributed by atoms with Crippen molar-refractivity contribution in [3.05, 3.63) is 47.2 Å². The van der Waals surface area contributed by atoms with E-state index in [2.05, 4.69) is 5.32 Å². The predicted molar refractivity (Wildman–Crippen MR) is 113 cm³/mol. The van der Waals surface area contributed by atoms with Gasteiger partial charge in [0.05, 0.1) is 29.8 Å². The topological polar surface area (TPSA) is 84.9 Å². The molecule has 1 unspecified atom stereocenters. The minimum atomic E-state index is -4.22. The Balaban J connectivity index is 2.53. The lowest BCUT2D eigenvalue weighted by molar-refractivity contribution is -0.120. The zero-order valence-corrected chi connectivity index (χ0v) is 18.7. The Morgan fingerprint density at radius 1 is 1.17 bits per heavy atom. The molecule has 7 nitrogen and oxygen atoms in total. The quantitative estimate of drug-likeness (QED) is 0.620. The van der Waals surface area contributed by atoms with Crippen LogP contribution in [0.3, 0.4) is 0 Å². The second-order valence-corrected chi connectivity index (χ2v) is 8.77. The summed E-state index contributed by atoms with van der Waals surface area (Å²) >= 11 is 5.85. The number of hydrogen-bond donors (Lipinski definition) is 1. The number of methoxy groups -OCH3 is 2. The molecule has 0 aliphatic rings. The fourth-order valence-corrected chi connectivity index (χ4v) is 4.22. The second kappa shape index (κ2) is 9.99. The molecular formula is C20H24ClFN2O5S. The van der Waals surface area contributed by atoms with Crippen molar-refractivity contribution in [2.75, 3.05) is 25.1 Å². The van der Waals surface area contributed by atoms with Gasteiger partial charge in [-0.15, -0.1) is 0 Å². The highest BCUT2D eigenvalue weighted by Gasteiger charge is 2.29. The Morgan fingerprint density at radius 2 is 1.83 bits per heavy atom. The molecule has 30 heavy (non-hydrogen) atoms. The van der Waals surface area contributed by atoms with Crippen molar-refractivity contribution in [2.24, 2.45) is 0 Å². The van der Waals surface area contributed by atoms with Crippen LogP contribution >= 0.6 is 11.6 Å². The molecule has 0 aliphatic carbocycles. The number of nitrogens with one attached hydrogen (secondary N) is 1. The Hall–Kier alpha value is -2.52. The third kappa shape index (κ3) is 5.34. The van der Waals surface area contributed by atoms with E-state index in [4.69, 9.17) is 21.1 Å². The molecule has 10 heteroatoms. The summed E-state index contributed by atoms with van der Waals surface area (Å²) in [5.74, 6) is -0.649. The first-order valence-electron chi connectivity index (χ1n) is 9.13. The van der Waals surface area contributed by atoms with E-state index in [0.717, 1.165) is 16.4 Å². The molecule has 1 amide bonds. The van der Waals surface area contributed by atoms with Crippen LogP contribution in [0.25, 0.3) is 0 Å². The number of hydrogen-bond acceptors (Lipinski definition) is 5. The minimum absolute atomic E-state index is 0.0514. The smallest absolute Gasteiger partial charge is 0.264 e. The van der Waals surface area contributed by atoms with Crippen LogP contribution in [-0.2, 0) is 14.8 Å². The number of amides is 1. The van der Waals surface area contributed by atoms with Crippen LogP contribution in [0.2, 0.25) is 5.02 Å². The van der Waals surface area contributed by atoms with Gasteiger partial charge >= 0.3 is 0 Å². The normalized spacial score (nSPS) is 12.2. The molecule has 1 atom stereocenters. The maximum atomic E-state index is 13.6. The number of nitrogens with zero attached hydrogens (tertiary/aromatic N) is 1. The highest BCUT2D eigenvalue weighted by Crippen LogP contribution is 2.33. The molecule has 2 aromatic rings. The lowest BCUT2D eigenvalue weighted by atomic mass is 10.2. The number of sulfonamides is 1. The van der Waals surface area contributed by atoms with Gasteiger partial charge in [0.25, 0.3) is 10.0 Å². The third-order valence-electron chi connectivity index (χ3n) is 4.44. The van der Waals surface area contributed by atoms with Crippen LogP contribution in [0.15, 0.2) is 41.3 Å². The average Bonchev–Trinajstić information content (AvgIpc) is 2.73. The van der Waals surface area contributed by atoms with Gasteiger partial charge in [0.2, 0.25) is 5.91 Å². The highest BCUT2D eigenvalue weighted by atomic mass is 35.5. The number of rotatable bonds is 9. The van der Waals surface area contributed by atoms with Crippen LogP contribution in [0.4, 0.5) is 10.1 Å². The van der Waals surface area contributed by atoms with Gasteiger partial charge in [-0.05, 0) is 43.7 Å². The largest absolute Gasteiger partial charge is 0.493 e. The second-order valence-electron chi connectivity index (χ2n) is 6.50. The van der Waals surface area contributed by atoms with E-state index in [9.17, 15) is 17.6 Å². The summed E-state index contributed by atoms with van der Waals surface area (Å²) in [5, 5.41) is 2.46. The first-order valence-corrected chi connectivity index (χ1v) is 10.9. The van der Waals surface area contributed by atoms with Gasteiger partial charge in [0.1, 0.15) is 12.4 Å². The Bertz CT molecular complexity index is 1020. The third-order valence-corrected chi connectivity index (χ3v) is 6.50. The van der Waals surface area contributed by atoms with E-state index < -0.39 is 28.3 Å². The van der Waals surface area contributed by atoms with Gasteiger partial charge < -0.3 is 14.8 Å². The molecule has 0 heterocycles. The summed E-state index contributed by atoms with van der Waals surface area (Å²) in [6, 6.07) is 7.38. The van der Waals surface area contributed by atoms with E-state index in [0.29, 0.717) is 12.2 Å². The number of carbonyl (C=O) groups is 1. The van der Waals surface area contributed by atoms with Crippen molar-refractivity contribution >= 4 is 33.2 Å². The number of benzene rings is 2. The van der Waals surface area contributed by atoms with Crippen LogP contribution < -0.4 is 19.1 Å². The average molecular weight is 459 g/mol. The van der Waals surface area contributed by atoms with Crippen molar-refractivity contribution in [2.45, 2.75) is 31.2 Å². The molecule has 164 valence electrons. The van der Waals surface area contributed by atoms with Crippen molar-refractivity contribution in [1.29, 1.82) is 0 Å².